The Bertz CT molecular complexity index is 599. The molecule has 1 fully saturated rings. The van der Waals surface area contributed by atoms with Crippen molar-refractivity contribution in [2.75, 3.05) is 6.61 Å². The first-order chi connectivity index (χ1) is 11.2. The monoisotopic (exact) mass is 317 g/mol. The second-order valence-electron chi connectivity index (χ2n) is 6.41. The number of fused-ring (bicyclic) bond motifs is 1. The summed E-state index contributed by atoms with van der Waals surface area (Å²) >= 11 is 0. The molecule has 1 aliphatic heterocycles. The molecule has 0 saturated heterocycles. The predicted octanol–water partition coefficient (Wildman–Crippen LogP) is 2.27. The lowest BCUT2D eigenvalue weighted by Crippen LogP contribution is -2.39. The van der Waals surface area contributed by atoms with E-state index in [1.807, 2.05) is 12.1 Å². The lowest BCUT2D eigenvalue weighted by Gasteiger charge is -2.27. The minimum Gasteiger partial charge on any atom is -0.481 e. The van der Waals surface area contributed by atoms with Crippen LogP contribution in [0.4, 0.5) is 0 Å². The van der Waals surface area contributed by atoms with Crippen molar-refractivity contribution in [3.63, 3.8) is 0 Å². The molecule has 0 spiro atoms. The molecule has 0 aromatic heterocycles. The third kappa shape index (κ3) is 3.55. The van der Waals surface area contributed by atoms with Crippen LogP contribution in [0.25, 0.3) is 0 Å². The average Bonchev–Trinajstić information content (AvgIpc) is 2.59. The minimum atomic E-state index is -0.848. The summed E-state index contributed by atoms with van der Waals surface area (Å²) in [5.74, 6) is -1.91. The Morgan fingerprint density at radius 2 is 2.00 bits per heavy atom. The number of carbonyl (C=O) groups excluding carboxylic acids is 1. The van der Waals surface area contributed by atoms with Crippen LogP contribution in [0.5, 0.6) is 0 Å². The van der Waals surface area contributed by atoms with Gasteiger partial charge in [-0.15, -0.1) is 0 Å². The molecular formula is C18H23NO4. The van der Waals surface area contributed by atoms with E-state index in [2.05, 4.69) is 11.4 Å². The van der Waals surface area contributed by atoms with Crippen LogP contribution in [0.2, 0.25) is 0 Å². The molecule has 2 atom stereocenters. The molecule has 0 bridgehead atoms. The highest BCUT2D eigenvalue weighted by atomic mass is 16.5. The summed E-state index contributed by atoms with van der Waals surface area (Å²) in [6.07, 6.45) is 3.96. The fraction of sp³-hybridized carbons (Fsp3) is 0.556. The number of rotatable bonds is 4. The lowest BCUT2D eigenvalue weighted by molar-refractivity contribution is -0.148. The van der Waals surface area contributed by atoms with Gasteiger partial charge in [-0.05, 0) is 36.0 Å². The summed E-state index contributed by atoms with van der Waals surface area (Å²) in [6, 6.07) is 6.07. The zero-order valence-electron chi connectivity index (χ0n) is 13.2. The van der Waals surface area contributed by atoms with Gasteiger partial charge in [0.2, 0.25) is 5.91 Å². The van der Waals surface area contributed by atoms with Gasteiger partial charge in [-0.3, -0.25) is 9.59 Å². The number of amides is 1. The first kappa shape index (κ1) is 16.0. The molecular weight excluding hydrogens is 294 g/mol. The summed E-state index contributed by atoms with van der Waals surface area (Å²) in [5.41, 5.74) is 3.56. The molecule has 1 aliphatic carbocycles. The maximum absolute atomic E-state index is 12.5. The maximum Gasteiger partial charge on any atom is 0.307 e. The van der Waals surface area contributed by atoms with Gasteiger partial charge in [0.1, 0.15) is 0 Å². The zero-order chi connectivity index (χ0) is 16.2. The quantitative estimate of drug-likeness (QED) is 0.893. The maximum atomic E-state index is 12.5. The fourth-order valence-electron chi connectivity index (χ4n) is 3.72. The van der Waals surface area contributed by atoms with Crippen LogP contribution in [0, 0.1) is 11.8 Å². The number of ether oxygens (including phenoxy) is 1. The predicted molar refractivity (Wildman–Crippen MR) is 84.7 cm³/mol. The Balaban J connectivity index is 1.66. The summed E-state index contributed by atoms with van der Waals surface area (Å²) in [5, 5.41) is 12.3. The molecule has 5 heteroatoms. The third-order valence-electron chi connectivity index (χ3n) is 5.00. The van der Waals surface area contributed by atoms with Crippen molar-refractivity contribution < 1.29 is 19.4 Å². The van der Waals surface area contributed by atoms with Gasteiger partial charge < -0.3 is 15.2 Å². The van der Waals surface area contributed by atoms with Crippen LogP contribution in [0.15, 0.2) is 18.2 Å². The molecule has 0 unspecified atom stereocenters. The van der Waals surface area contributed by atoms with Gasteiger partial charge in [0.15, 0.2) is 0 Å². The summed E-state index contributed by atoms with van der Waals surface area (Å²) in [6.45, 7) is 1.80. The minimum absolute atomic E-state index is 0.123. The molecule has 2 N–H and O–H groups in total. The van der Waals surface area contributed by atoms with Gasteiger partial charge >= 0.3 is 5.97 Å². The van der Waals surface area contributed by atoms with E-state index >= 15 is 0 Å². The first-order valence-corrected chi connectivity index (χ1v) is 8.34. The van der Waals surface area contributed by atoms with E-state index in [1.165, 1.54) is 11.1 Å². The second-order valence-corrected chi connectivity index (χ2v) is 6.41. The van der Waals surface area contributed by atoms with Gasteiger partial charge in [0, 0.05) is 6.54 Å². The van der Waals surface area contributed by atoms with Crippen molar-refractivity contribution in [3.8, 4) is 0 Å². The molecule has 1 saturated carbocycles. The van der Waals surface area contributed by atoms with Crippen molar-refractivity contribution in [2.24, 2.45) is 11.8 Å². The molecule has 124 valence electrons. The number of hydrogen-bond acceptors (Lipinski definition) is 3. The van der Waals surface area contributed by atoms with Crippen molar-refractivity contribution in [1.29, 1.82) is 0 Å². The van der Waals surface area contributed by atoms with E-state index in [0.717, 1.165) is 24.8 Å². The molecule has 3 rings (SSSR count). The van der Waals surface area contributed by atoms with E-state index in [0.29, 0.717) is 32.6 Å². The number of aliphatic carboxylic acids is 1. The van der Waals surface area contributed by atoms with Crippen LogP contribution < -0.4 is 5.32 Å². The number of hydrogen-bond donors (Lipinski definition) is 2. The zero-order valence-corrected chi connectivity index (χ0v) is 13.2. The molecule has 1 aromatic rings. The molecule has 1 heterocycles. The number of benzene rings is 1. The van der Waals surface area contributed by atoms with E-state index in [4.69, 9.17) is 4.74 Å². The van der Waals surface area contributed by atoms with Crippen LogP contribution in [-0.2, 0) is 33.9 Å². The Labute approximate surface area is 136 Å². The normalized spacial score (nSPS) is 23.8. The van der Waals surface area contributed by atoms with Crippen molar-refractivity contribution in [2.45, 2.75) is 45.3 Å². The Morgan fingerprint density at radius 1 is 1.22 bits per heavy atom. The molecule has 1 aromatic carbocycles. The van der Waals surface area contributed by atoms with E-state index in [-0.39, 0.29) is 5.91 Å². The van der Waals surface area contributed by atoms with E-state index in [9.17, 15) is 14.7 Å². The summed E-state index contributed by atoms with van der Waals surface area (Å²) in [7, 11) is 0. The standard InChI is InChI=1S/C18H23NO4/c20-17(15-6-1-2-7-16(15)18(21)22)19-10-12-4-3-5-13-11-23-9-8-14(12)13/h3-5,15-16H,1-2,6-11H2,(H,19,20)(H,21,22)/t15-,16+/m1/s1. The molecule has 5 nitrogen and oxygen atoms in total. The smallest absolute Gasteiger partial charge is 0.307 e. The highest BCUT2D eigenvalue weighted by Crippen LogP contribution is 2.30. The van der Waals surface area contributed by atoms with Crippen molar-refractivity contribution >= 4 is 11.9 Å². The van der Waals surface area contributed by atoms with Crippen LogP contribution in [0.1, 0.15) is 42.4 Å². The summed E-state index contributed by atoms with van der Waals surface area (Å²) in [4.78, 5) is 23.8. The van der Waals surface area contributed by atoms with Gasteiger partial charge in [0.25, 0.3) is 0 Å². The fourth-order valence-corrected chi connectivity index (χ4v) is 3.72. The topological polar surface area (TPSA) is 75.6 Å². The SMILES string of the molecule is O=C(O)[C@H]1CCCC[C@H]1C(=O)NCc1cccc2c1CCOC2. The number of carboxylic acids is 1. The first-order valence-electron chi connectivity index (χ1n) is 8.34. The average molecular weight is 317 g/mol. The van der Waals surface area contributed by atoms with Crippen LogP contribution in [-0.4, -0.2) is 23.6 Å². The van der Waals surface area contributed by atoms with Crippen molar-refractivity contribution in [3.05, 3.63) is 34.9 Å². The lowest BCUT2D eigenvalue weighted by atomic mass is 9.78. The second kappa shape index (κ2) is 7.13. The Hall–Kier alpha value is -1.88. The van der Waals surface area contributed by atoms with Gasteiger partial charge in [-0.25, -0.2) is 0 Å². The molecule has 0 radical (unpaired) electrons. The van der Waals surface area contributed by atoms with Gasteiger partial charge in [-0.2, -0.15) is 0 Å². The van der Waals surface area contributed by atoms with Crippen LogP contribution >= 0.6 is 0 Å². The van der Waals surface area contributed by atoms with Crippen LogP contribution in [0.3, 0.4) is 0 Å². The Kier molecular flexibility index (Phi) is 4.96. The van der Waals surface area contributed by atoms with Crippen molar-refractivity contribution in [1.82, 2.24) is 5.32 Å². The highest BCUT2D eigenvalue weighted by Gasteiger charge is 2.35. The van der Waals surface area contributed by atoms with E-state index in [1.54, 1.807) is 0 Å². The number of carboxylic acid groups (broad SMARTS) is 1. The summed E-state index contributed by atoms with van der Waals surface area (Å²) < 4.78 is 5.46. The third-order valence-corrected chi connectivity index (χ3v) is 5.00. The number of carbonyl (C=O) groups is 2. The van der Waals surface area contributed by atoms with Gasteiger partial charge in [0.05, 0.1) is 25.0 Å². The van der Waals surface area contributed by atoms with Gasteiger partial charge in [-0.1, -0.05) is 31.0 Å². The molecule has 1 amide bonds. The Morgan fingerprint density at radius 3 is 2.78 bits per heavy atom. The highest BCUT2D eigenvalue weighted by molar-refractivity contribution is 5.84. The molecule has 2 aliphatic rings. The largest absolute Gasteiger partial charge is 0.481 e. The van der Waals surface area contributed by atoms with E-state index < -0.39 is 17.8 Å². The molecule has 23 heavy (non-hydrogen) atoms. The number of nitrogens with one attached hydrogen (secondary N) is 1.